The minimum atomic E-state index is -0.300. The minimum Gasteiger partial charge on any atom is -0.493 e. The summed E-state index contributed by atoms with van der Waals surface area (Å²) in [4.78, 5) is 12.7. The predicted octanol–water partition coefficient (Wildman–Crippen LogP) is 7.64. The van der Waals surface area contributed by atoms with Gasteiger partial charge in [-0.05, 0) is 67.8 Å². The highest BCUT2D eigenvalue weighted by molar-refractivity contribution is 6.31. The van der Waals surface area contributed by atoms with Gasteiger partial charge in [-0.1, -0.05) is 29.8 Å². The lowest BCUT2D eigenvalue weighted by atomic mass is 9.99. The summed E-state index contributed by atoms with van der Waals surface area (Å²) in [6.45, 7) is 6.11. The van der Waals surface area contributed by atoms with Crippen LogP contribution in [0.4, 0.5) is 10.1 Å². The second kappa shape index (κ2) is 9.51. The summed E-state index contributed by atoms with van der Waals surface area (Å²) in [5.41, 5.74) is 5.37. The molecule has 0 unspecified atom stereocenters. The van der Waals surface area contributed by atoms with Crippen molar-refractivity contribution in [2.75, 3.05) is 11.9 Å². The summed E-state index contributed by atoms with van der Waals surface area (Å²) < 4.78 is 25.0. The maximum absolute atomic E-state index is 13.4. The van der Waals surface area contributed by atoms with Gasteiger partial charge in [-0.15, -0.1) is 0 Å². The number of halogens is 2. The molecule has 1 aromatic heterocycles. The van der Waals surface area contributed by atoms with Crippen LogP contribution in [0.5, 0.6) is 5.75 Å². The molecule has 0 spiro atoms. The fourth-order valence-electron chi connectivity index (χ4n) is 3.61. The van der Waals surface area contributed by atoms with E-state index in [9.17, 15) is 9.18 Å². The van der Waals surface area contributed by atoms with E-state index in [4.69, 9.17) is 20.8 Å². The summed E-state index contributed by atoms with van der Waals surface area (Å²) >= 11 is 6.16. The van der Waals surface area contributed by atoms with Crippen molar-refractivity contribution in [3.63, 3.8) is 0 Å². The molecule has 1 amide bonds. The van der Waals surface area contributed by atoms with E-state index in [0.29, 0.717) is 28.6 Å². The number of anilines is 1. The van der Waals surface area contributed by atoms with Crippen molar-refractivity contribution in [1.82, 2.24) is 0 Å². The lowest BCUT2D eigenvalue weighted by Gasteiger charge is -2.12. The van der Waals surface area contributed by atoms with E-state index in [1.165, 1.54) is 18.2 Å². The summed E-state index contributed by atoms with van der Waals surface area (Å²) in [5, 5.41) is 4.28. The molecule has 0 atom stereocenters. The highest BCUT2D eigenvalue weighted by atomic mass is 35.5. The Hall–Kier alpha value is -3.57. The van der Waals surface area contributed by atoms with Crippen LogP contribution in [0.1, 0.15) is 25.0 Å². The average molecular weight is 464 g/mol. The zero-order chi connectivity index (χ0) is 23.5. The third-order valence-electron chi connectivity index (χ3n) is 5.34. The third-order valence-corrected chi connectivity index (χ3v) is 5.75. The van der Waals surface area contributed by atoms with Crippen LogP contribution in [0, 0.1) is 12.7 Å². The maximum Gasteiger partial charge on any atom is 0.248 e. The van der Waals surface area contributed by atoms with Gasteiger partial charge in [0.15, 0.2) is 0 Å². The van der Waals surface area contributed by atoms with Crippen molar-refractivity contribution in [2.24, 2.45) is 0 Å². The number of ether oxygens (including phenoxy) is 1. The Balaban J connectivity index is 1.71. The van der Waals surface area contributed by atoms with E-state index in [1.54, 1.807) is 30.5 Å². The molecule has 0 saturated carbocycles. The first-order valence-electron chi connectivity index (χ1n) is 10.6. The van der Waals surface area contributed by atoms with Crippen LogP contribution < -0.4 is 10.1 Å². The van der Waals surface area contributed by atoms with Gasteiger partial charge in [0.05, 0.1) is 12.9 Å². The molecule has 33 heavy (non-hydrogen) atoms. The van der Waals surface area contributed by atoms with Crippen LogP contribution >= 0.6 is 11.6 Å². The minimum absolute atomic E-state index is 0.277. The van der Waals surface area contributed by atoms with Gasteiger partial charge < -0.3 is 14.5 Å². The van der Waals surface area contributed by atoms with Gasteiger partial charge in [0, 0.05) is 39.4 Å². The second-order valence-corrected chi connectivity index (χ2v) is 8.12. The number of carbonyl (C=O) groups is 1. The maximum atomic E-state index is 13.4. The molecule has 0 aliphatic rings. The summed E-state index contributed by atoms with van der Waals surface area (Å²) in [7, 11) is 0. The molecule has 0 fully saturated rings. The Morgan fingerprint density at radius 1 is 1.15 bits per heavy atom. The fraction of sp³-hybridized carbons (Fsp3) is 0.148. The van der Waals surface area contributed by atoms with Crippen LogP contribution in [0.25, 0.3) is 27.7 Å². The number of hydrogen-bond acceptors (Lipinski definition) is 3. The molecule has 4 rings (SSSR count). The van der Waals surface area contributed by atoms with E-state index >= 15 is 0 Å². The van der Waals surface area contributed by atoms with Crippen molar-refractivity contribution in [3.8, 4) is 16.9 Å². The van der Waals surface area contributed by atoms with Crippen LogP contribution in [-0.4, -0.2) is 12.5 Å². The average Bonchev–Trinajstić information content (AvgIpc) is 3.19. The number of nitrogens with one attached hydrogen (secondary N) is 1. The Morgan fingerprint density at radius 3 is 2.61 bits per heavy atom. The van der Waals surface area contributed by atoms with Gasteiger partial charge >= 0.3 is 0 Å². The van der Waals surface area contributed by atoms with Gasteiger partial charge in [0.1, 0.15) is 17.1 Å². The van der Waals surface area contributed by atoms with Gasteiger partial charge in [0.2, 0.25) is 5.91 Å². The Labute approximate surface area is 196 Å². The number of allylic oxidation sites excluding steroid dienone is 1. The molecule has 4 nitrogen and oxygen atoms in total. The van der Waals surface area contributed by atoms with E-state index < -0.39 is 0 Å². The Morgan fingerprint density at radius 2 is 1.91 bits per heavy atom. The number of fused-ring (bicyclic) bond motifs is 1. The quantitative estimate of drug-likeness (QED) is 0.299. The SMILES string of the molecule is CCOc1cc2occ(-c3ccc(F)cc3)c2cc1/C(C)=C/C(=O)Nc1ccc(C)c(Cl)c1. The Kier molecular flexibility index (Phi) is 6.52. The van der Waals surface area contributed by atoms with Crippen LogP contribution in [0.15, 0.2) is 71.4 Å². The smallest absolute Gasteiger partial charge is 0.248 e. The Bertz CT molecular complexity index is 1360. The highest BCUT2D eigenvalue weighted by Crippen LogP contribution is 2.37. The molecule has 6 heteroatoms. The normalized spacial score (nSPS) is 11.6. The number of furan rings is 1. The van der Waals surface area contributed by atoms with Crippen LogP contribution in [-0.2, 0) is 4.79 Å². The summed E-state index contributed by atoms with van der Waals surface area (Å²) in [5.74, 6) is 0.0383. The first-order valence-corrected chi connectivity index (χ1v) is 10.9. The van der Waals surface area contributed by atoms with E-state index in [1.807, 2.05) is 39.0 Å². The highest BCUT2D eigenvalue weighted by Gasteiger charge is 2.15. The lowest BCUT2D eigenvalue weighted by Crippen LogP contribution is -2.09. The van der Waals surface area contributed by atoms with Crippen LogP contribution in [0.2, 0.25) is 5.02 Å². The topological polar surface area (TPSA) is 51.5 Å². The number of rotatable bonds is 6. The molecule has 0 bridgehead atoms. The number of carbonyl (C=O) groups excluding carboxylic acids is 1. The van der Waals surface area contributed by atoms with Crippen molar-refractivity contribution in [3.05, 3.63) is 88.9 Å². The van der Waals surface area contributed by atoms with E-state index in [-0.39, 0.29) is 11.7 Å². The van der Waals surface area contributed by atoms with Gasteiger partial charge in [0.25, 0.3) is 0 Å². The molecule has 0 aliphatic carbocycles. The zero-order valence-corrected chi connectivity index (χ0v) is 19.3. The molecule has 1 N–H and O–H groups in total. The molecular weight excluding hydrogens is 441 g/mol. The fourth-order valence-corrected chi connectivity index (χ4v) is 3.80. The van der Waals surface area contributed by atoms with Crippen molar-refractivity contribution in [2.45, 2.75) is 20.8 Å². The zero-order valence-electron chi connectivity index (χ0n) is 18.5. The number of aryl methyl sites for hydroxylation is 1. The molecule has 168 valence electrons. The molecule has 3 aromatic carbocycles. The molecular formula is C27H23ClFNO3. The predicted molar refractivity (Wildman–Crippen MR) is 131 cm³/mol. The monoisotopic (exact) mass is 463 g/mol. The van der Waals surface area contributed by atoms with Gasteiger partial charge in [-0.3, -0.25) is 4.79 Å². The molecule has 0 radical (unpaired) electrons. The standard InChI is InChI=1S/C27H23ClFNO3/c1-4-32-25-14-26-22(23(15-33-26)18-6-8-19(29)9-7-18)13-21(25)17(3)11-27(31)30-20-10-5-16(2)24(28)12-20/h5-15H,4H2,1-3H3,(H,30,31)/b17-11+. The molecule has 1 heterocycles. The number of benzene rings is 3. The van der Waals surface area contributed by atoms with Crippen molar-refractivity contribution >= 4 is 39.7 Å². The van der Waals surface area contributed by atoms with E-state index in [2.05, 4.69) is 5.32 Å². The van der Waals surface area contributed by atoms with E-state index in [0.717, 1.165) is 33.2 Å². The molecule has 0 aliphatic heterocycles. The molecule has 0 saturated heterocycles. The first kappa shape index (κ1) is 22.6. The summed E-state index contributed by atoms with van der Waals surface area (Å²) in [6.07, 6.45) is 3.17. The largest absolute Gasteiger partial charge is 0.493 e. The van der Waals surface area contributed by atoms with Crippen molar-refractivity contribution < 1.29 is 18.3 Å². The van der Waals surface area contributed by atoms with Gasteiger partial charge in [-0.25, -0.2) is 4.39 Å². The number of amides is 1. The third kappa shape index (κ3) is 4.94. The van der Waals surface area contributed by atoms with Crippen LogP contribution in [0.3, 0.4) is 0 Å². The first-order chi connectivity index (χ1) is 15.9. The molecule has 4 aromatic rings. The summed E-state index contributed by atoms with van der Waals surface area (Å²) in [6, 6.07) is 15.4. The van der Waals surface area contributed by atoms with Gasteiger partial charge in [-0.2, -0.15) is 0 Å². The second-order valence-electron chi connectivity index (χ2n) is 7.71. The van der Waals surface area contributed by atoms with Crippen molar-refractivity contribution in [1.29, 1.82) is 0 Å². The lowest BCUT2D eigenvalue weighted by molar-refractivity contribution is -0.111. The number of hydrogen-bond donors (Lipinski definition) is 1.